The van der Waals surface area contributed by atoms with Crippen molar-refractivity contribution < 1.29 is 14.6 Å². The molecule has 1 aromatic rings. The number of aliphatic hydroxyl groups is 1. The largest absolute Gasteiger partial charge is 0.454 e. The van der Waals surface area contributed by atoms with Crippen LogP contribution in [0.25, 0.3) is 0 Å². The van der Waals surface area contributed by atoms with E-state index >= 15 is 0 Å². The van der Waals surface area contributed by atoms with Gasteiger partial charge in [-0.15, -0.1) is 0 Å². The van der Waals surface area contributed by atoms with Gasteiger partial charge in [0.1, 0.15) is 0 Å². The monoisotopic (exact) mass is 223 g/mol. The fourth-order valence-electron chi connectivity index (χ4n) is 1.75. The zero-order valence-electron chi connectivity index (χ0n) is 9.78. The van der Waals surface area contributed by atoms with Crippen molar-refractivity contribution in [3.8, 4) is 11.5 Å². The zero-order chi connectivity index (χ0) is 11.9. The van der Waals surface area contributed by atoms with Gasteiger partial charge in [0.2, 0.25) is 6.79 Å². The summed E-state index contributed by atoms with van der Waals surface area (Å²) in [5.74, 6) is 1.40. The number of ether oxygens (including phenoxy) is 2. The Labute approximate surface area is 95.0 Å². The van der Waals surface area contributed by atoms with Gasteiger partial charge in [0, 0.05) is 5.54 Å². The minimum atomic E-state index is -0.720. The molecule has 0 saturated heterocycles. The molecule has 4 heteroatoms. The van der Waals surface area contributed by atoms with Gasteiger partial charge in [-0.3, -0.25) is 0 Å². The SMILES string of the molecule is Cc1cc2c(cc1C(O)C(C)(C)N)OCO2. The molecule has 0 fully saturated rings. The van der Waals surface area contributed by atoms with E-state index in [1.54, 1.807) is 19.9 Å². The van der Waals surface area contributed by atoms with Crippen LogP contribution in [0, 0.1) is 6.92 Å². The first-order valence-corrected chi connectivity index (χ1v) is 5.26. The third-order valence-electron chi connectivity index (χ3n) is 2.76. The number of nitrogens with two attached hydrogens (primary N) is 1. The van der Waals surface area contributed by atoms with E-state index in [1.165, 1.54) is 0 Å². The van der Waals surface area contributed by atoms with Gasteiger partial charge < -0.3 is 20.3 Å². The summed E-state index contributed by atoms with van der Waals surface area (Å²) in [5.41, 5.74) is 6.96. The van der Waals surface area contributed by atoms with E-state index in [4.69, 9.17) is 15.2 Å². The summed E-state index contributed by atoms with van der Waals surface area (Å²) in [6.07, 6.45) is -0.720. The first-order valence-electron chi connectivity index (χ1n) is 5.26. The number of rotatable bonds is 2. The highest BCUT2D eigenvalue weighted by Gasteiger charge is 2.28. The number of benzene rings is 1. The molecule has 3 N–H and O–H groups in total. The van der Waals surface area contributed by atoms with Gasteiger partial charge in [-0.05, 0) is 44.0 Å². The number of aryl methyl sites for hydroxylation is 1. The topological polar surface area (TPSA) is 64.7 Å². The number of hydrogen-bond donors (Lipinski definition) is 2. The van der Waals surface area contributed by atoms with Crippen molar-refractivity contribution in [3.63, 3.8) is 0 Å². The highest BCUT2D eigenvalue weighted by molar-refractivity contribution is 5.49. The van der Waals surface area contributed by atoms with Crippen LogP contribution in [0.2, 0.25) is 0 Å². The minimum absolute atomic E-state index is 0.236. The third kappa shape index (κ3) is 1.86. The molecule has 0 amide bonds. The molecule has 1 aliphatic rings. The first kappa shape index (κ1) is 11.2. The van der Waals surface area contributed by atoms with Crippen LogP contribution in [0.1, 0.15) is 31.1 Å². The van der Waals surface area contributed by atoms with Gasteiger partial charge in [0.05, 0.1) is 6.10 Å². The fourth-order valence-corrected chi connectivity index (χ4v) is 1.75. The van der Waals surface area contributed by atoms with Crippen molar-refractivity contribution >= 4 is 0 Å². The second-order valence-corrected chi connectivity index (χ2v) is 4.79. The van der Waals surface area contributed by atoms with Gasteiger partial charge in [-0.2, -0.15) is 0 Å². The molecule has 4 nitrogen and oxygen atoms in total. The molecule has 16 heavy (non-hydrogen) atoms. The van der Waals surface area contributed by atoms with Crippen molar-refractivity contribution in [3.05, 3.63) is 23.3 Å². The van der Waals surface area contributed by atoms with Crippen LogP contribution in [-0.2, 0) is 0 Å². The Bertz CT molecular complexity index is 409. The van der Waals surface area contributed by atoms with Gasteiger partial charge >= 0.3 is 0 Å². The summed E-state index contributed by atoms with van der Waals surface area (Å²) in [6.45, 7) is 5.75. The molecule has 0 spiro atoms. The molecule has 1 unspecified atom stereocenters. The molecule has 88 valence electrons. The van der Waals surface area contributed by atoms with E-state index in [9.17, 15) is 5.11 Å². The van der Waals surface area contributed by atoms with Gasteiger partial charge in [0.15, 0.2) is 11.5 Å². The van der Waals surface area contributed by atoms with Crippen LogP contribution >= 0.6 is 0 Å². The third-order valence-corrected chi connectivity index (χ3v) is 2.76. The number of hydrogen-bond acceptors (Lipinski definition) is 4. The Balaban J connectivity index is 2.42. The van der Waals surface area contributed by atoms with Crippen LogP contribution in [0.3, 0.4) is 0 Å². The van der Waals surface area contributed by atoms with Crippen LogP contribution in [-0.4, -0.2) is 17.4 Å². The van der Waals surface area contributed by atoms with Crippen LogP contribution in [0.5, 0.6) is 11.5 Å². The van der Waals surface area contributed by atoms with E-state index in [0.29, 0.717) is 5.75 Å². The van der Waals surface area contributed by atoms with Gasteiger partial charge in [-0.1, -0.05) is 0 Å². The number of fused-ring (bicyclic) bond motifs is 1. The molecular formula is C12H17NO3. The summed E-state index contributed by atoms with van der Waals surface area (Å²) in [6, 6.07) is 3.67. The molecule has 0 saturated carbocycles. The number of aliphatic hydroxyl groups excluding tert-OH is 1. The highest BCUT2D eigenvalue weighted by Crippen LogP contribution is 2.38. The van der Waals surface area contributed by atoms with Crippen LogP contribution in [0.15, 0.2) is 12.1 Å². The maximum atomic E-state index is 10.1. The Hall–Kier alpha value is -1.26. The summed E-state index contributed by atoms with van der Waals surface area (Å²) in [7, 11) is 0. The maximum Gasteiger partial charge on any atom is 0.231 e. The Kier molecular flexibility index (Phi) is 2.56. The van der Waals surface area contributed by atoms with Crippen LogP contribution < -0.4 is 15.2 Å². The Morgan fingerprint density at radius 2 is 1.88 bits per heavy atom. The molecule has 0 radical (unpaired) electrons. The highest BCUT2D eigenvalue weighted by atomic mass is 16.7. The molecule has 2 rings (SSSR count). The predicted octanol–water partition coefficient (Wildman–Crippen LogP) is 1.49. The molecule has 0 aromatic heterocycles. The smallest absolute Gasteiger partial charge is 0.231 e. The lowest BCUT2D eigenvalue weighted by atomic mass is 9.89. The summed E-state index contributed by atoms with van der Waals surface area (Å²) in [5, 5.41) is 10.1. The lowest BCUT2D eigenvalue weighted by Gasteiger charge is -2.27. The van der Waals surface area contributed by atoms with Gasteiger partial charge in [-0.25, -0.2) is 0 Å². The van der Waals surface area contributed by atoms with Crippen molar-refractivity contribution in [2.45, 2.75) is 32.4 Å². The van der Waals surface area contributed by atoms with Crippen LogP contribution in [0.4, 0.5) is 0 Å². The average Bonchev–Trinajstić information content (AvgIpc) is 2.60. The standard InChI is InChI=1S/C12H17NO3/c1-7-4-9-10(16-6-15-9)5-8(7)11(14)12(2,3)13/h4-5,11,14H,6,13H2,1-3H3. The molecular weight excluding hydrogens is 206 g/mol. The predicted molar refractivity (Wildman–Crippen MR) is 60.5 cm³/mol. The minimum Gasteiger partial charge on any atom is -0.454 e. The summed E-state index contributed by atoms with van der Waals surface area (Å²) >= 11 is 0. The summed E-state index contributed by atoms with van der Waals surface area (Å²) < 4.78 is 10.5. The van der Waals surface area contributed by atoms with Crippen molar-refractivity contribution in [1.82, 2.24) is 0 Å². The van der Waals surface area contributed by atoms with Crippen molar-refractivity contribution in [1.29, 1.82) is 0 Å². The van der Waals surface area contributed by atoms with E-state index in [2.05, 4.69) is 0 Å². The molecule has 1 atom stereocenters. The quantitative estimate of drug-likeness (QED) is 0.797. The van der Waals surface area contributed by atoms with E-state index in [0.717, 1.165) is 16.9 Å². The normalized spacial score (nSPS) is 16.3. The van der Waals surface area contributed by atoms with E-state index in [1.807, 2.05) is 13.0 Å². The molecule has 1 aromatic carbocycles. The van der Waals surface area contributed by atoms with E-state index in [-0.39, 0.29) is 6.79 Å². The lowest BCUT2D eigenvalue weighted by Crippen LogP contribution is -2.39. The Morgan fingerprint density at radius 1 is 1.31 bits per heavy atom. The summed E-state index contributed by atoms with van der Waals surface area (Å²) in [4.78, 5) is 0. The second kappa shape index (κ2) is 3.64. The fraction of sp³-hybridized carbons (Fsp3) is 0.500. The average molecular weight is 223 g/mol. The van der Waals surface area contributed by atoms with Gasteiger partial charge in [0.25, 0.3) is 0 Å². The molecule has 0 bridgehead atoms. The van der Waals surface area contributed by atoms with E-state index < -0.39 is 11.6 Å². The molecule has 0 aliphatic carbocycles. The second-order valence-electron chi connectivity index (χ2n) is 4.79. The zero-order valence-corrected chi connectivity index (χ0v) is 9.78. The van der Waals surface area contributed by atoms with Crippen molar-refractivity contribution in [2.75, 3.05) is 6.79 Å². The van der Waals surface area contributed by atoms with Crippen molar-refractivity contribution in [2.24, 2.45) is 5.73 Å². The first-order chi connectivity index (χ1) is 7.39. The lowest BCUT2D eigenvalue weighted by molar-refractivity contribution is 0.104. The molecule has 1 heterocycles. The molecule has 1 aliphatic heterocycles. The Morgan fingerprint density at radius 3 is 2.44 bits per heavy atom. The maximum absolute atomic E-state index is 10.1.